The molecule has 4 aromatic rings. The van der Waals surface area contributed by atoms with Crippen molar-refractivity contribution < 1.29 is 32.7 Å². The van der Waals surface area contributed by atoms with Crippen molar-refractivity contribution in [2.75, 3.05) is 55.5 Å². The number of anilines is 3. The molecule has 0 aliphatic carbocycles. The molecular formula is C32H33F3N6O4. The van der Waals surface area contributed by atoms with E-state index in [1.807, 2.05) is 41.3 Å². The quantitative estimate of drug-likeness (QED) is 0.253. The van der Waals surface area contributed by atoms with E-state index in [0.717, 1.165) is 21.7 Å². The third-order valence-corrected chi connectivity index (χ3v) is 8.36. The molecule has 0 fully saturated rings. The Hall–Kier alpha value is -4.43. The second-order valence-corrected chi connectivity index (χ2v) is 11.1. The average molecular weight is 623 g/mol. The lowest BCUT2D eigenvalue weighted by Crippen LogP contribution is -2.47. The summed E-state index contributed by atoms with van der Waals surface area (Å²) in [7, 11) is 1.32. The highest BCUT2D eigenvalue weighted by Crippen LogP contribution is 2.45. The summed E-state index contributed by atoms with van der Waals surface area (Å²) in [6.45, 7) is 1.40. The molecule has 236 valence electrons. The molecule has 1 atom stereocenters. The van der Waals surface area contributed by atoms with Crippen LogP contribution in [0.1, 0.15) is 12.0 Å². The number of aliphatic hydroxyl groups is 2. The number of hydrazine groups is 1. The van der Waals surface area contributed by atoms with Gasteiger partial charge in [-0.25, -0.2) is 5.01 Å². The normalized spacial score (nSPS) is 17.7. The van der Waals surface area contributed by atoms with Crippen molar-refractivity contribution >= 4 is 34.1 Å². The highest BCUT2D eigenvalue weighted by molar-refractivity contribution is 6.10. The Morgan fingerprint density at radius 2 is 1.71 bits per heavy atom. The topological polar surface area (TPSA) is 123 Å². The van der Waals surface area contributed by atoms with E-state index < -0.39 is 18.1 Å². The minimum atomic E-state index is -4.61. The first kappa shape index (κ1) is 30.6. The Bertz CT molecular complexity index is 1730. The number of hydrogen-bond acceptors (Lipinski definition) is 9. The molecule has 1 amide bonds. The van der Waals surface area contributed by atoms with E-state index in [-0.39, 0.29) is 43.3 Å². The molecule has 0 spiro atoms. The fourth-order valence-electron chi connectivity index (χ4n) is 6.31. The number of alkyl halides is 3. The zero-order valence-electron chi connectivity index (χ0n) is 24.5. The number of carbonyl (C=O) groups is 1. The summed E-state index contributed by atoms with van der Waals surface area (Å²) >= 11 is 0. The molecule has 0 bridgehead atoms. The maximum absolute atomic E-state index is 14.4. The summed E-state index contributed by atoms with van der Waals surface area (Å²) < 4.78 is 48.3. The molecule has 1 aromatic heterocycles. The molecular weight excluding hydrogens is 589 g/mol. The van der Waals surface area contributed by atoms with Gasteiger partial charge in [-0.3, -0.25) is 14.7 Å². The number of fused-ring (bicyclic) bond motifs is 1. The van der Waals surface area contributed by atoms with Gasteiger partial charge in [0.2, 0.25) is 0 Å². The second-order valence-electron chi connectivity index (χ2n) is 11.1. The van der Waals surface area contributed by atoms with Gasteiger partial charge in [0.1, 0.15) is 11.7 Å². The lowest BCUT2D eigenvalue weighted by atomic mass is 9.96. The van der Waals surface area contributed by atoms with E-state index in [0.29, 0.717) is 42.0 Å². The lowest BCUT2D eigenvalue weighted by Gasteiger charge is -2.34. The number of nitrogens with two attached hydrogens (primary N) is 1. The molecule has 1 unspecified atom stereocenters. The molecule has 0 saturated heterocycles. The molecule has 45 heavy (non-hydrogen) atoms. The zero-order valence-corrected chi connectivity index (χ0v) is 24.5. The number of hydrogen-bond donors (Lipinski definition) is 3. The average Bonchev–Trinajstić information content (AvgIpc) is 3.54. The minimum absolute atomic E-state index is 0.0190. The van der Waals surface area contributed by atoms with Crippen LogP contribution in [-0.2, 0) is 11.3 Å². The van der Waals surface area contributed by atoms with Crippen LogP contribution in [0, 0.1) is 0 Å². The molecule has 10 nitrogen and oxygen atoms in total. The van der Waals surface area contributed by atoms with E-state index in [9.17, 15) is 28.2 Å². The van der Waals surface area contributed by atoms with Crippen molar-refractivity contribution in [2.24, 2.45) is 0 Å². The minimum Gasteiger partial charge on any atom is -0.395 e. The number of aromatic nitrogens is 1. The largest absolute Gasteiger partial charge is 0.409 e. The standard InChI is InChI=1S/C32H33F3N6O4/c1-38-29(32(33,34)35)25-12-13-40(31(44)28(25)41(38)23-10-11-27-26(18-23)30(36)37-45-27)22-8-6-20(7-9-22)24-5-3-2-4-21(24)19-39(14-16-42)15-17-43/h2-11,18,29,42-43H,12-17,19H2,1H3,(H2,36,37). The van der Waals surface area contributed by atoms with E-state index in [1.165, 1.54) is 17.0 Å². The molecule has 2 aliphatic heterocycles. The first-order valence-electron chi connectivity index (χ1n) is 14.5. The van der Waals surface area contributed by atoms with E-state index >= 15 is 0 Å². The van der Waals surface area contributed by atoms with Crippen LogP contribution in [0.4, 0.5) is 30.4 Å². The molecule has 3 heterocycles. The molecule has 13 heteroatoms. The SMILES string of the molecule is CN1C(C(F)(F)F)C2=C(C(=O)N(c3ccc(-c4ccccc4CN(CCO)CCO)cc3)CC2)N1c1ccc2onc(N)c2c1. The van der Waals surface area contributed by atoms with Gasteiger partial charge in [-0.2, -0.15) is 13.2 Å². The maximum atomic E-state index is 14.4. The number of nitrogen functional groups attached to an aromatic ring is 1. The van der Waals surface area contributed by atoms with Gasteiger partial charge in [-0.15, -0.1) is 0 Å². The number of rotatable bonds is 9. The first-order valence-corrected chi connectivity index (χ1v) is 14.5. The summed E-state index contributed by atoms with van der Waals surface area (Å²) in [5.41, 5.74) is 10.0. The molecule has 0 saturated carbocycles. The fraction of sp³-hybridized carbons (Fsp3) is 0.312. The summed E-state index contributed by atoms with van der Waals surface area (Å²) in [6.07, 6.45) is -4.56. The van der Waals surface area contributed by atoms with Gasteiger partial charge in [0, 0.05) is 38.9 Å². The highest BCUT2D eigenvalue weighted by atomic mass is 19.4. The second kappa shape index (κ2) is 12.2. The van der Waals surface area contributed by atoms with Gasteiger partial charge in [0.15, 0.2) is 11.4 Å². The third-order valence-electron chi connectivity index (χ3n) is 8.36. The monoisotopic (exact) mass is 622 g/mol. The van der Waals surface area contributed by atoms with Crippen LogP contribution < -0.4 is 15.6 Å². The molecule has 4 N–H and O–H groups in total. The number of halogens is 3. The molecule has 6 rings (SSSR count). The predicted octanol–water partition coefficient (Wildman–Crippen LogP) is 4.15. The van der Waals surface area contributed by atoms with Crippen LogP contribution in [0.2, 0.25) is 0 Å². The number of aliphatic hydroxyl groups excluding tert-OH is 2. The van der Waals surface area contributed by atoms with Crippen molar-refractivity contribution in [3.8, 4) is 11.1 Å². The summed E-state index contributed by atoms with van der Waals surface area (Å²) in [5.74, 6) is -0.437. The van der Waals surface area contributed by atoms with Gasteiger partial charge in [0.05, 0.1) is 24.3 Å². The van der Waals surface area contributed by atoms with Crippen LogP contribution in [0.25, 0.3) is 22.1 Å². The fourth-order valence-corrected chi connectivity index (χ4v) is 6.31. The number of amides is 1. The Labute approximate surface area is 257 Å². The van der Waals surface area contributed by atoms with Crippen LogP contribution >= 0.6 is 0 Å². The van der Waals surface area contributed by atoms with Crippen LogP contribution in [0.3, 0.4) is 0 Å². The van der Waals surface area contributed by atoms with Gasteiger partial charge in [0.25, 0.3) is 5.91 Å². The smallest absolute Gasteiger partial charge is 0.395 e. The van der Waals surface area contributed by atoms with Gasteiger partial charge in [-0.05, 0) is 59.0 Å². The van der Waals surface area contributed by atoms with Crippen molar-refractivity contribution in [1.29, 1.82) is 0 Å². The first-order chi connectivity index (χ1) is 21.6. The maximum Gasteiger partial charge on any atom is 0.409 e. The number of likely N-dealkylation sites (N-methyl/N-ethyl adjacent to an activating group) is 1. The third kappa shape index (κ3) is 5.63. The highest BCUT2D eigenvalue weighted by Gasteiger charge is 2.55. The van der Waals surface area contributed by atoms with E-state index in [1.54, 1.807) is 30.3 Å². The number of carbonyl (C=O) groups excluding carboxylic acids is 1. The van der Waals surface area contributed by atoms with Crippen LogP contribution in [0.15, 0.2) is 82.5 Å². The Morgan fingerprint density at radius 1 is 1.02 bits per heavy atom. The summed E-state index contributed by atoms with van der Waals surface area (Å²) in [6, 6.07) is 17.9. The van der Waals surface area contributed by atoms with Crippen LogP contribution in [-0.4, -0.2) is 83.3 Å². The molecule has 2 aliphatic rings. The van der Waals surface area contributed by atoms with Crippen molar-refractivity contribution in [3.05, 3.63) is 83.6 Å². The number of benzene rings is 3. The summed E-state index contributed by atoms with van der Waals surface area (Å²) in [4.78, 5) is 17.5. The lowest BCUT2D eigenvalue weighted by molar-refractivity contribution is -0.167. The van der Waals surface area contributed by atoms with Gasteiger partial charge in [-0.1, -0.05) is 41.6 Å². The molecule has 3 aromatic carbocycles. The zero-order chi connectivity index (χ0) is 31.9. The molecule has 0 radical (unpaired) electrons. The Kier molecular flexibility index (Phi) is 8.27. The Balaban J connectivity index is 1.32. The number of nitrogens with zero attached hydrogens (tertiary/aromatic N) is 5. The van der Waals surface area contributed by atoms with E-state index in [2.05, 4.69) is 5.16 Å². The van der Waals surface area contributed by atoms with Crippen LogP contribution in [0.5, 0.6) is 0 Å². The van der Waals surface area contributed by atoms with Gasteiger partial charge < -0.3 is 25.4 Å². The van der Waals surface area contributed by atoms with Crippen molar-refractivity contribution in [1.82, 2.24) is 15.1 Å². The van der Waals surface area contributed by atoms with Gasteiger partial charge >= 0.3 is 6.18 Å². The Morgan fingerprint density at radius 3 is 2.40 bits per heavy atom. The summed E-state index contributed by atoms with van der Waals surface area (Å²) in [5, 5.41) is 25.4. The van der Waals surface area contributed by atoms with Crippen molar-refractivity contribution in [2.45, 2.75) is 25.2 Å². The van der Waals surface area contributed by atoms with E-state index in [4.69, 9.17) is 10.3 Å². The predicted molar refractivity (Wildman–Crippen MR) is 164 cm³/mol. The van der Waals surface area contributed by atoms with Crippen molar-refractivity contribution in [3.63, 3.8) is 0 Å².